The topological polar surface area (TPSA) is 70.2 Å². The molecule has 7 heteroatoms. The summed E-state index contributed by atoms with van der Waals surface area (Å²) in [6.07, 6.45) is 1.37. The highest BCUT2D eigenvalue weighted by molar-refractivity contribution is 5.77. The molecule has 0 aliphatic rings. The van der Waals surface area contributed by atoms with Crippen molar-refractivity contribution < 1.29 is 13.7 Å². The van der Waals surface area contributed by atoms with Gasteiger partial charge in [0, 0.05) is 17.7 Å². The molecule has 2 heterocycles. The van der Waals surface area contributed by atoms with Crippen LogP contribution in [0.4, 0.5) is 4.39 Å². The Labute approximate surface area is 147 Å². The van der Waals surface area contributed by atoms with Crippen molar-refractivity contribution in [1.82, 2.24) is 14.7 Å². The predicted octanol–water partition coefficient (Wildman–Crippen LogP) is 3.25. The Kier molecular flexibility index (Phi) is 3.96. The summed E-state index contributed by atoms with van der Waals surface area (Å²) in [5, 5.41) is 4.40. The van der Waals surface area contributed by atoms with Gasteiger partial charge in [-0.2, -0.15) is 0 Å². The van der Waals surface area contributed by atoms with Gasteiger partial charge in [0.1, 0.15) is 17.3 Å². The quantitative estimate of drug-likeness (QED) is 0.564. The number of hydrogen-bond acceptors (Lipinski definition) is 5. The van der Waals surface area contributed by atoms with Gasteiger partial charge in [0.15, 0.2) is 5.76 Å². The summed E-state index contributed by atoms with van der Waals surface area (Å²) in [7, 11) is 1.59. The third-order valence-corrected chi connectivity index (χ3v) is 4.06. The number of fused-ring (bicyclic) bond motifs is 1. The maximum absolute atomic E-state index is 13.3. The van der Waals surface area contributed by atoms with Gasteiger partial charge in [-0.05, 0) is 24.3 Å². The molecule has 0 saturated carbocycles. The fourth-order valence-corrected chi connectivity index (χ4v) is 2.78. The second-order valence-corrected chi connectivity index (χ2v) is 5.72. The molecule has 0 radical (unpaired) electrons. The number of ether oxygens (including phenoxy) is 1. The SMILES string of the molecule is COc1ccccc1-c1cc(Cn2cnc3cc(F)ccc3c2=O)on1. The van der Waals surface area contributed by atoms with Crippen molar-refractivity contribution in [2.75, 3.05) is 7.11 Å². The van der Waals surface area contributed by atoms with Crippen LogP contribution in [0.15, 0.2) is 64.2 Å². The number of benzene rings is 2. The van der Waals surface area contributed by atoms with Crippen molar-refractivity contribution in [1.29, 1.82) is 0 Å². The van der Waals surface area contributed by atoms with E-state index in [1.54, 1.807) is 13.2 Å². The largest absolute Gasteiger partial charge is 0.496 e. The van der Waals surface area contributed by atoms with E-state index in [1.165, 1.54) is 29.1 Å². The van der Waals surface area contributed by atoms with Crippen LogP contribution in [0.1, 0.15) is 5.76 Å². The molecule has 0 unspecified atom stereocenters. The summed E-state index contributed by atoms with van der Waals surface area (Å²) in [6, 6.07) is 13.1. The highest BCUT2D eigenvalue weighted by atomic mass is 19.1. The molecule has 4 aromatic rings. The number of halogens is 1. The molecule has 26 heavy (non-hydrogen) atoms. The van der Waals surface area contributed by atoms with Crippen molar-refractivity contribution in [3.63, 3.8) is 0 Å². The summed E-state index contributed by atoms with van der Waals surface area (Å²) in [4.78, 5) is 16.7. The molecule has 0 fully saturated rings. The fourth-order valence-electron chi connectivity index (χ4n) is 2.78. The number of nitrogens with zero attached hydrogens (tertiary/aromatic N) is 3. The summed E-state index contributed by atoms with van der Waals surface area (Å²) in [5.74, 6) is 0.744. The molecule has 130 valence electrons. The Morgan fingerprint density at radius 3 is 2.88 bits per heavy atom. The highest BCUT2D eigenvalue weighted by Gasteiger charge is 2.13. The Morgan fingerprint density at radius 1 is 1.19 bits per heavy atom. The first-order valence-electron chi connectivity index (χ1n) is 7.89. The Hall–Kier alpha value is -3.48. The first-order valence-corrected chi connectivity index (χ1v) is 7.89. The maximum Gasteiger partial charge on any atom is 0.261 e. The average Bonchev–Trinajstić information content (AvgIpc) is 3.12. The Morgan fingerprint density at radius 2 is 2.04 bits per heavy atom. The summed E-state index contributed by atoms with van der Waals surface area (Å²) < 4.78 is 25.3. The van der Waals surface area contributed by atoms with Gasteiger partial charge < -0.3 is 9.26 Å². The zero-order valence-corrected chi connectivity index (χ0v) is 13.8. The highest BCUT2D eigenvalue weighted by Crippen LogP contribution is 2.29. The molecule has 0 atom stereocenters. The van der Waals surface area contributed by atoms with Crippen molar-refractivity contribution in [2.24, 2.45) is 0 Å². The van der Waals surface area contributed by atoms with E-state index >= 15 is 0 Å². The monoisotopic (exact) mass is 351 g/mol. The van der Waals surface area contributed by atoms with E-state index in [0.717, 1.165) is 5.56 Å². The molecular formula is C19H14FN3O3. The van der Waals surface area contributed by atoms with Crippen LogP contribution in [0, 0.1) is 5.82 Å². The molecule has 0 aliphatic carbocycles. The number of aromatic nitrogens is 3. The zero-order chi connectivity index (χ0) is 18.1. The van der Waals surface area contributed by atoms with Gasteiger partial charge in [-0.1, -0.05) is 17.3 Å². The van der Waals surface area contributed by atoms with Crippen LogP contribution in [0.25, 0.3) is 22.2 Å². The van der Waals surface area contributed by atoms with Gasteiger partial charge in [-0.3, -0.25) is 9.36 Å². The first-order chi connectivity index (χ1) is 12.7. The lowest BCUT2D eigenvalue weighted by molar-refractivity contribution is 0.375. The maximum atomic E-state index is 13.3. The van der Waals surface area contributed by atoms with E-state index in [1.807, 2.05) is 24.3 Å². The van der Waals surface area contributed by atoms with E-state index in [4.69, 9.17) is 9.26 Å². The molecule has 0 saturated heterocycles. The smallest absolute Gasteiger partial charge is 0.261 e. The van der Waals surface area contributed by atoms with Gasteiger partial charge in [-0.25, -0.2) is 9.37 Å². The van der Waals surface area contributed by atoms with Gasteiger partial charge >= 0.3 is 0 Å². The van der Waals surface area contributed by atoms with Crippen LogP contribution in [0.3, 0.4) is 0 Å². The summed E-state index contributed by atoms with van der Waals surface area (Å²) in [6.45, 7) is 0.168. The number of hydrogen-bond donors (Lipinski definition) is 0. The van der Waals surface area contributed by atoms with Gasteiger partial charge in [0.25, 0.3) is 5.56 Å². The average molecular weight is 351 g/mol. The molecule has 2 aromatic heterocycles. The van der Waals surface area contributed by atoms with E-state index in [0.29, 0.717) is 28.1 Å². The Bertz CT molecular complexity index is 1150. The standard InChI is InChI=1S/C19H14FN3O3/c1-25-18-5-3-2-4-14(18)17-9-13(26-22-17)10-23-11-21-16-8-12(20)6-7-15(16)19(23)24/h2-9,11H,10H2,1H3. The van der Waals surface area contributed by atoms with Crippen LogP contribution in [-0.4, -0.2) is 21.8 Å². The molecule has 4 rings (SSSR count). The molecule has 0 amide bonds. The van der Waals surface area contributed by atoms with Gasteiger partial charge in [0.2, 0.25) is 0 Å². The molecule has 6 nitrogen and oxygen atoms in total. The van der Waals surface area contributed by atoms with E-state index in [9.17, 15) is 9.18 Å². The van der Waals surface area contributed by atoms with E-state index in [2.05, 4.69) is 10.1 Å². The summed E-state index contributed by atoms with van der Waals surface area (Å²) in [5.41, 5.74) is 1.45. The minimum absolute atomic E-state index is 0.168. The van der Waals surface area contributed by atoms with Crippen LogP contribution in [-0.2, 0) is 6.54 Å². The molecule has 0 N–H and O–H groups in total. The second kappa shape index (κ2) is 6.44. The number of methoxy groups -OCH3 is 1. The normalized spacial score (nSPS) is 11.0. The van der Waals surface area contributed by atoms with Crippen LogP contribution < -0.4 is 10.3 Å². The van der Waals surface area contributed by atoms with Gasteiger partial charge in [0.05, 0.1) is 30.9 Å². The fraction of sp³-hybridized carbons (Fsp3) is 0.105. The second-order valence-electron chi connectivity index (χ2n) is 5.72. The van der Waals surface area contributed by atoms with Crippen molar-refractivity contribution in [2.45, 2.75) is 6.54 Å². The third kappa shape index (κ3) is 2.83. The third-order valence-electron chi connectivity index (χ3n) is 4.06. The molecule has 0 spiro atoms. The Balaban J connectivity index is 1.68. The van der Waals surface area contributed by atoms with Crippen LogP contribution in [0.2, 0.25) is 0 Å². The van der Waals surface area contributed by atoms with E-state index < -0.39 is 5.82 Å². The van der Waals surface area contributed by atoms with Crippen molar-refractivity contribution in [3.05, 3.63) is 76.8 Å². The number of para-hydroxylation sites is 1. The molecule has 2 aromatic carbocycles. The lowest BCUT2D eigenvalue weighted by Crippen LogP contribution is -2.21. The molecule has 0 aliphatic heterocycles. The lowest BCUT2D eigenvalue weighted by atomic mass is 10.1. The van der Waals surface area contributed by atoms with Crippen LogP contribution in [0.5, 0.6) is 5.75 Å². The van der Waals surface area contributed by atoms with Crippen molar-refractivity contribution in [3.8, 4) is 17.0 Å². The van der Waals surface area contributed by atoms with Crippen LogP contribution >= 0.6 is 0 Å². The predicted molar refractivity (Wildman–Crippen MR) is 93.6 cm³/mol. The summed E-state index contributed by atoms with van der Waals surface area (Å²) >= 11 is 0. The molecule has 0 bridgehead atoms. The van der Waals surface area contributed by atoms with Crippen molar-refractivity contribution >= 4 is 10.9 Å². The minimum Gasteiger partial charge on any atom is -0.496 e. The molecular weight excluding hydrogens is 337 g/mol. The number of rotatable bonds is 4. The first kappa shape index (κ1) is 16.0. The van der Waals surface area contributed by atoms with Gasteiger partial charge in [-0.15, -0.1) is 0 Å². The minimum atomic E-state index is -0.432. The lowest BCUT2D eigenvalue weighted by Gasteiger charge is -2.04. The zero-order valence-electron chi connectivity index (χ0n) is 13.8. The van der Waals surface area contributed by atoms with E-state index in [-0.39, 0.29) is 12.1 Å².